The highest BCUT2D eigenvalue weighted by Crippen LogP contribution is 2.27. The summed E-state index contributed by atoms with van der Waals surface area (Å²) in [6.45, 7) is 5.42. The lowest BCUT2D eigenvalue weighted by atomic mass is 9.93. The molecule has 37 heavy (non-hydrogen) atoms. The van der Waals surface area contributed by atoms with Gasteiger partial charge in [0.05, 0.1) is 13.7 Å². The Morgan fingerprint density at radius 2 is 1.78 bits per heavy atom. The highest BCUT2D eigenvalue weighted by molar-refractivity contribution is 6.30. The molecule has 3 amide bonds. The van der Waals surface area contributed by atoms with Crippen molar-refractivity contribution >= 4 is 40.4 Å². The van der Waals surface area contributed by atoms with E-state index in [4.69, 9.17) is 21.1 Å². The number of aromatic nitrogens is 1. The summed E-state index contributed by atoms with van der Waals surface area (Å²) in [5, 5.41) is 4.25. The zero-order chi connectivity index (χ0) is 27.0. The number of aromatic amines is 1. The molecule has 0 bridgehead atoms. The molecule has 0 aliphatic heterocycles. The van der Waals surface area contributed by atoms with Gasteiger partial charge >= 0.3 is 12.0 Å². The SMILES string of the molecule is CCOC(=O)C(C)(CCc1ccc(Cl)cc1)NC(=O)NNC(=O)CCc1c(C)[nH]c2ccc(OC)cc12. The number of benzene rings is 2. The van der Waals surface area contributed by atoms with E-state index >= 15 is 0 Å². The Kier molecular flexibility index (Phi) is 9.41. The number of carbonyl (C=O) groups is 3. The Morgan fingerprint density at radius 3 is 2.46 bits per heavy atom. The second kappa shape index (κ2) is 12.5. The average Bonchev–Trinajstić information content (AvgIpc) is 3.19. The van der Waals surface area contributed by atoms with Gasteiger partial charge in [-0.3, -0.25) is 10.2 Å². The first-order valence-corrected chi connectivity index (χ1v) is 12.5. The lowest BCUT2D eigenvalue weighted by molar-refractivity contribution is -0.150. The number of hydrogen-bond donors (Lipinski definition) is 4. The third-order valence-corrected chi connectivity index (χ3v) is 6.44. The molecule has 198 valence electrons. The monoisotopic (exact) mass is 528 g/mol. The van der Waals surface area contributed by atoms with Crippen LogP contribution in [0.5, 0.6) is 5.75 Å². The van der Waals surface area contributed by atoms with Crippen molar-refractivity contribution in [2.75, 3.05) is 13.7 Å². The standard InChI is InChI=1S/C27H33ClN4O5/c1-5-37-25(34)27(3,15-14-18-6-8-19(28)9-7-18)30-26(35)32-31-24(33)13-11-21-17(2)29-23-12-10-20(36-4)16-22(21)23/h6-10,12,16,29H,5,11,13-15H2,1-4H3,(H,31,33)(H2,30,32,35). The molecule has 0 aliphatic rings. The van der Waals surface area contributed by atoms with Crippen LogP contribution in [0.1, 0.15) is 43.5 Å². The molecule has 3 rings (SSSR count). The largest absolute Gasteiger partial charge is 0.497 e. The molecule has 9 nitrogen and oxygen atoms in total. The van der Waals surface area contributed by atoms with Crippen molar-refractivity contribution in [2.45, 2.75) is 52.0 Å². The topological polar surface area (TPSA) is 122 Å². The third kappa shape index (κ3) is 7.39. The Bertz CT molecular complexity index is 1260. The highest BCUT2D eigenvalue weighted by Gasteiger charge is 2.36. The quantitative estimate of drug-likeness (QED) is 0.230. The van der Waals surface area contributed by atoms with Gasteiger partial charge in [-0.1, -0.05) is 23.7 Å². The molecule has 0 radical (unpaired) electrons. The molecule has 0 spiro atoms. The molecule has 1 aromatic heterocycles. The number of carbonyl (C=O) groups excluding carboxylic acids is 3. The number of esters is 1. The van der Waals surface area contributed by atoms with Gasteiger partial charge in [0.1, 0.15) is 11.3 Å². The Morgan fingerprint density at radius 1 is 1.05 bits per heavy atom. The van der Waals surface area contributed by atoms with Crippen LogP contribution in [-0.4, -0.2) is 42.1 Å². The minimum Gasteiger partial charge on any atom is -0.497 e. The minimum absolute atomic E-state index is 0.150. The van der Waals surface area contributed by atoms with Gasteiger partial charge in [-0.05, 0) is 81.5 Å². The summed E-state index contributed by atoms with van der Waals surface area (Å²) in [6, 6.07) is 12.3. The summed E-state index contributed by atoms with van der Waals surface area (Å²) in [7, 11) is 1.61. The predicted octanol–water partition coefficient (Wildman–Crippen LogP) is 4.36. The molecule has 1 heterocycles. The lowest BCUT2D eigenvalue weighted by Crippen LogP contribution is -2.58. The fourth-order valence-electron chi connectivity index (χ4n) is 4.07. The summed E-state index contributed by atoms with van der Waals surface area (Å²) in [6.07, 6.45) is 1.42. The van der Waals surface area contributed by atoms with Crippen molar-refractivity contribution in [3.8, 4) is 5.75 Å². The number of rotatable bonds is 10. The Hall–Kier alpha value is -3.72. The van der Waals surface area contributed by atoms with Crippen molar-refractivity contribution < 1.29 is 23.9 Å². The van der Waals surface area contributed by atoms with Gasteiger partial charge in [-0.2, -0.15) is 0 Å². The molecule has 1 atom stereocenters. The van der Waals surface area contributed by atoms with Gasteiger partial charge in [-0.25, -0.2) is 15.0 Å². The summed E-state index contributed by atoms with van der Waals surface area (Å²) in [4.78, 5) is 41.0. The van der Waals surface area contributed by atoms with Crippen LogP contribution in [0.2, 0.25) is 5.02 Å². The molecule has 10 heteroatoms. The maximum absolute atomic E-state index is 12.6. The van der Waals surface area contributed by atoms with Gasteiger partial charge in [0.2, 0.25) is 5.91 Å². The van der Waals surface area contributed by atoms with E-state index in [-0.39, 0.29) is 25.4 Å². The van der Waals surface area contributed by atoms with E-state index in [1.165, 1.54) is 0 Å². The van der Waals surface area contributed by atoms with Crippen LogP contribution >= 0.6 is 11.6 Å². The number of fused-ring (bicyclic) bond motifs is 1. The van der Waals surface area contributed by atoms with Crippen molar-refractivity contribution in [2.24, 2.45) is 0 Å². The fourth-order valence-corrected chi connectivity index (χ4v) is 4.20. The average molecular weight is 529 g/mol. The van der Waals surface area contributed by atoms with Crippen LogP contribution in [-0.2, 0) is 27.2 Å². The first-order chi connectivity index (χ1) is 17.6. The number of methoxy groups -OCH3 is 1. The number of urea groups is 1. The van der Waals surface area contributed by atoms with E-state index in [2.05, 4.69) is 21.2 Å². The Labute approximate surface area is 221 Å². The van der Waals surface area contributed by atoms with Crippen molar-refractivity contribution in [1.29, 1.82) is 0 Å². The number of hydrogen-bond acceptors (Lipinski definition) is 5. The third-order valence-electron chi connectivity index (χ3n) is 6.19. The summed E-state index contributed by atoms with van der Waals surface area (Å²) >= 11 is 5.94. The second-order valence-electron chi connectivity index (χ2n) is 8.95. The molecule has 0 saturated carbocycles. The molecule has 3 aromatic rings. The van der Waals surface area contributed by atoms with Crippen molar-refractivity contribution in [1.82, 2.24) is 21.2 Å². The summed E-state index contributed by atoms with van der Waals surface area (Å²) < 4.78 is 10.5. The molecular weight excluding hydrogens is 496 g/mol. The van der Waals surface area contributed by atoms with E-state index in [1.54, 1.807) is 33.1 Å². The van der Waals surface area contributed by atoms with Gasteiger partial charge in [0.15, 0.2) is 0 Å². The lowest BCUT2D eigenvalue weighted by Gasteiger charge is -2.28. The number of amides is 3. The Balaban J connectivity index is 1.56. The van der Waals surface area contributed by atoms with Gasteiger partial charge in [-0.15, -0.1) is 0 Å². The predicted molar refractivity (Wildman–Crippen MR) is 143 cm³/mol. The van der Waals surface area contributed by atoms with Crippen LogP contribution in [0.3, 0.4) is 0 Å². The molecule has 0 aliphatic carbocycles. The number of H-pyrrole nitrogens is 1. The summed E-state index contributed by atoms with van der Waals surface area (Å²) in [5.41, 5.74) is 7.33. The number of hydrazine groups is 1. The fraction of sp³-hybridized carbons (Fsp3) is 0.370. The van der Waals surface area contributed by atoms with Crippen molar-refractivity contribution in [3.05, 3.63) is 64.3 Å². The van der Waals surface area contributed by atoms with E-state index < -0.39 is 17.5 Å². The van der Waals surface area contributed by atoms with E-state index in [1.807, 2.05) is 37.3 Å². The van der Waals surface area contributed by atoms with Crippen LogP contribution in [0.15, 0.2) is 42.5 Å². The van der Waals surface area contributed by atoms with Gasteiger partial charge in [0.25, 0.3) is 0 Å². The molecule has 0 fully saturated rings. The van der Waals surface area contributed by atoms with Crippen molar-refractivity contribution in [3.63, 3.8) is 0 Å². The minimum atomic E-state index is -1.30. The highest BCUT2D eigenvalue weighted by atomic mass is 35.5. The maximum Gasteiger partial charge on any atom is 0.334 e. The zero-order valence-corrected chi connectivity index (χ0v) is 22.3. The first kappa shape index (κ1) is 27.9. The van der Waals surface area contributed by atoms with E-state index in [9.17, 15) is 14.4 Å². The molecule has 0 saturated heterocycles. The molecule has 1 unspecified atom stereocenters. The zero-order valence-electron chi connectivity index (χ0n) is 21.5. The molecular formula is C27H33ClN4O5. The number of halogens is 1. The van der Waals surface area contributed by atoms with E-state index in [0.717, 1.165) is 33.5 Å². The number of nitrogens with one attached hydrogen (secondary N) is 4. The first-order valence-electron chi connectivity index (χ1n) is 12.1. The van der Waals surface area contributed by atoms with E-state index in [0.29, 0.717) is 17.9 Å². The second-order valence-corrected chi connectivity index (χ2v) is 9.38. The molecule has 2 aromatic carbocycles. The van der Waals surface area contributed by atoms with Gasteiger partial charge in [0, 0.05) is 28.0 Å². The summed E-state index contributed by atoms with van der Waals surface area (Å²) in [5.74, 6) is -0.197. The smallest absolute Gasteiger partial charge is 0.334 e. The maximum atomic E-state index is 12.6. The normalized spacial score (nSPS) is 12.5. The molecule has 4 N–H and O–H groups in total. The van der Waals surface area contributed by atoms with Crippen LogP contribution in [0.4, 0.5) is 4.79 Å². The van der Waals surface area contributed by atoms with Crippen LogP contribution in [0, 0.1) is 6.92 Å². The van der Waals surface area contributed by atoms with Crippen LogP contribution in [0.25, 0.3) is 10.9 Å². The van der Waals surface area contributed by atoms with Crippen LogP contribution < -0.4 is 20.9 Å². The number of ether oxygens (including phenoxy) is 2. The number of aryl methyl sites for hydroxylation is 3. The van der Waals surface area contributed by atoms with Gasteiger partial charge < -0.3 is 19.8 Å².